The molecular weight excluding hydrogens is 526 g/mol. The first-order valence-corrected chi connectivity index (χ1v) is 19.9. The number of nitriles is 1. The molecule has 0 rings (SSSR count). The molecule has 3 heteroatoms. The lowest BCUT2D eigenvalue weighted by Gasteiger charge is -2.15. The molecular formula is C40H79NO2. The van der Waals surface area contributed by atoms with E-state index in [-0.39, 0.29) is 6.10 Å². The maximum absolute atomic E-state index is 9.15. The van der Waals surface area contributed by atoms with Gasteiger partial charge >= 0.3 is 0 Å². The molecule has 0 radical (unpaired) electrons. The molecule has 0 fully saturated rings. The minimum Gasteiger partial charge on any atom is -0.379 e. The predicted molar refractivity (Wildman–Crippen MR) is 190 cm³/mol. The van der Waals surface area contributed by atoms with Crippen molar-refractivity contribution in [2.75, 3.05) is 19.8 Å². The van der Waals surface area contributed by atoms with Crippen LogP contribution in [0.2, 0.25) is 0 Å². The molecule has 0 aliphatic heterocycles. The van der Waals surface area contributed by atoms with Gasteiger partial charge in [0, 0.05) is 13.2 Å². The van der Waals surface area contributed by atoms with Crippen molar-refractivity contribution in [2.24, 2.45) is 0 Å². The number of ether oxygens (including phenoxy) is 2. The Bertz CT molecular complexity index is 531. The Balaban J connectivity index is 3.34. The van der Waals surface area contributed by atoms with E-state index in [1.807, 2.05) is 0 Å². The third-order valence-electron chi connectivity index (χ3n) is 9.12. The highest BCUT2D eigenvalue weighted by atomic mass is 16.5. The molecule has 0 N–H and O–H groups in total. The highest BCUT2D eigenvalue weighted by Gasteiger charge is 2.09. The van der Waals surface area contributed by atoms with Gasteiger partial charge in [-0.25, -0.2) is 0 Å². The molecule has 0 aromatic heterocycles. The van der Waals surface area contributed by atoms with Gasteiger partial charge < -0.3 is 9.47 Å². The topological polar surface area (TPSA) is 42.2 Å². The Kier molecular flexibility index (Phi) is 38.9. The van der Waals surface area contributed by atoms with E-state index < -0.39 is 0 Å². The summed E-state index contributed by atoms with van der Waals surface area (Å²) in [6.07, 6.45) is 44.8. The number of hydrogen-bond acceptors (Lipinski definition) is 3. The maximum atomic E-state index is 9.15. The van der Waals surface area contributed by atoms with Crippen LogP contribution in [0.4, 0.5) is 0 Å². The van der Waals surface area contributed by atoms with Crippen molar-refractivity contribution in [1.82, 2.24) is 0 Å². The molecule has 256 valence electrons. The van der Waals surface area contributed by atoms with Crippen molar-refractivity contribution >= 4 is 0 Å². The summed E-state index contributed by atoms with van der Waals surface area (Å²) < 4.78 is 11.9. The highest BCUT2D eigenvalue weighted by molar-refractivity contribution is 4.76. The summed E-state index contributed by atoms with van der Waals surface area (Å²) in [5.74, 6) is 0. The second kappa shape index (κ2) is 39.4. The van der Waals surface area contributed by atoms with Crippen molar-refractivity contribution in [1.29, 1.82) is 5.26 Å². The standard InChI is InChI=1S/C40H79NO2/c1-3-5-7-9-11-13-15-17-19-21-23-25-27-29-31-33-37-42-39-40(35-36-41)43-38-34-32-30-28-26-24-22-20-18-16-14-12-10-8-6-4-2/h40H,3-35,37-39H2,1-2H3. The van der Waals surface area contributed by atoms with Crippen molar-refractivity contribution in [3.8, 4) is 6.07 Å². The van der Waals surface area contributed by atoms with Gasteiger partial charge in [-0.2, -0.15) is 5.26 Å². The van der Waals surface area contributed by atoms with E-state index in [1.54, 1.807) is 0 Å². The molecule has 0 aliphatic carbocycles. The molecule has 43 heavy (non-hydrogen) atoms. The van der Waals surface area contributed by atoms with Crippen LogP contribution in [0.15, 0.2) is 0 Å². The third-order valence-corrected chi connectivity index (χ3v) is 9.12. The molecule has 0 heterocycles. The van der Waals surface area contributed by atoms with Crippen LogP contribution in [0.25, 0.3) is 0 Å². The van der Waals surface area contributed by atoms with Crippen LogP contribution >= 0.6 is 0 Å². The van der Waals surface area contributed by atoms with Crippen LogP contribution in [-0.2, 0) is 9.47 Å². The van der Waals surface area contributed by atoms with Crippen LogP contribution < -0.4 is 0 Å². The minimum absolute atomic E-state index is 0.0533. The average molecular weight is 606 g/mol. The molecule has 0 aliphatic rings. The Morgan fingerprint density at radius 3 is 0.977 bits per heavy atom. The van der Waals surface area contributed by atoms with Crippen molar-refractivity contribution in [3.05, 3.63) is 0 Å². The summed E-state index contributed by atoms with van der Waals surface area (Å²) in [5, 5.41) is 9.15. The predicted octanol–water partition coefficient (Wildman–Crippen LogP) is 13.8. The van der Waals surface area contributed by atoms with Crippen LogP contribution in [0.3, 0.4) is 0 Å². The Labute approximate surface area is 272 Å². The molecule has 0 amide bonds. The van der Waals surface area contributed by atoms with Crippen molar-refractivity contribution in [3.63, 3.8) is 0 Å². The highest BCUT2D eigenvalue weighted by Crippen LogP contribution is 2.15. The van der Waals surface area contributed by atoms with Gasteiger partial charge in [0.05, 0.1) is 25.2 Å². The van der Waals surface area contributed by atoms with Gasteiger partial charge in [-0.15, -0.1) is 0 Å². The zero-order valence-corrected chi connectivity index (χ0v) is 29.8. The van der Waals surface area contributed by atoms with Crippen LogP contribution in [0.5, 0.6) is 0 Å². The fourth-order valence-corrected chi connectivity index (χ4v) is 6.13. The molecule has 0 bridgehead atoms. The van der Waals surface area contributed by atoms with Crippen LogP contribution in [-0.4, -0.2) is 25.9 Å². The van der Waals surface area contributed by atoms with E-state index in [9.17, 15) is 0 Å². The lowest BCUT2D eigenvalue weighted by Crippen LogP contribution is -2.20. The lowest BCUT2D eigenvalue weighted by molar-refractivity contribution is -0.0159. The molecule has 0 spiro atoms. The number of hydrogen-bond donors (Lipinski definition) is 0. The zero-order chi connectivity index (χ0) is 31.2. The van der Waals surface area contributed by atoms with E-state index in [2.05, 4.69) is 19.9 Å². The second-order valence-electron chi connectivity index (χ2n) is 13.5. The first-order valence-electron chi connectivity index (χ1n) is 19.9. The third kappa shape index (κ3) is 37.5. The lowest BCUT2D eigenvalue weighted by atomic mass is 10.0. The SMILES string of the molecule is CCCCCCCCCCCCCCCCCCOCC(CC#N)OCCCCCCCCCCCCCCCCCC. The van der Waals surface area contributed by atoms with Crippen molar-refractivity contribution < 1.29 is 9.47 Å². The fourth-order valence-electron chi connectivity index (χ4n) is 6.13. The quantitative estimate of drug-likeness (QED) is 0.0657. The number of unbranched alkanes of at least 4 members (excludes halogenated alkanes) is 30. The molecule has 0 aromatic carbocycles. The van der Waals surface area contributed by atoms with Gasteiger partial charge in [0.15, 0.2) is 0 Å². The molecule has 1 unspecified atom stereocenters. The summed E-state index contributed by atoms with van der Waals surface area (Å²) in [5.41, 5.74) is 0. The van der Waals surface area contributed by atoms with Gasteiger partial charge in [0.25, 0.3) is 0 Å². The fraction of sp³-hybridized carbons (Fsp3) is 0.975. The Morgan fingerprint density at radius 1 is 0.395 bits per heavy atom. The van der Waals surface area contributed by atoms with Crippen LogP contribution in [0, 0.1) is 11.3 Å². The van der Waals surface area contributed by atoms with Gasteiger partial charge in [0.2, 0.25) is 0 Å². The van der Waals surface area contributed by atoms with E-state index in [0.717, 1.165) is 26.1 Å². The Hall–Kier alpha value is -0.590. The molecule has 0 saturated heterocycles. The molecule has 0 saturated carbocycles. The monoisotopic (exact) mass is 606 g/mol. The Morgan fingerprint density at radius 2 is 0.674 bits per heavy atom. The second-order valence-corrected chi connectivity index (χ2v) is 13.5. The smallest absolute Gasteiger partial charge is 0.0937 e. The van der Waals surface area contributed by atoms with E-state index in [4.69, 9.17) is 14.7 Å². The van der Waals surface area contributed by atoms with Gasteiger partial charge in [-0.3, -0.25) is 0 Å². The van der Waals surface area contributed by atoms with Crippen LogP contribution in [0.1, 0.15) is 226 Å². The van der Waals surface area contributed by atoms with Crippen molar-refractivity contribution in [2.45, 2.75) is 232 Å². The summed E-state index contributed by atoms with van der Waals surface area (Å²) in [4.78, 5) is 0. The van der Waals surface area contributed by atoms with E-state index in [1.165, 1.54) is 193 Å². The average Bonchev–Trinajstić information content (AvgIpc) is 3.01. The summed E-state index contributed by atoms with van der Waals surface area (Å²) in [7, 11) is 0. The summed E-state index contributed by atoms with van der Waals surface area (Å²) in [6.45, 7) is 6.74. The molecule has 0 aromatic rings. The van der Waals surface area contributed by atoms with E-state index in [0.29, 0.717) is 13.0 Å². The summed E-state index contributed by atoms with van der Waals surface area (Å²) in [6, 6.07) is 2.28. The molecule has 3 nitrogen and oxygen atoms in total. The number of rotatable bonds is 38. The first-order chi connectivity index (χ1) is 21.3. The first kappa shape index (κ1) is 42.4. The van der Waals surface area contributed by atoms with Gasteiger partial charge in [-0.1, -0.05) is 206 Å². The summed E-state index contributed by atoms with van der Waals surface area (Å²) >= 11 is 0. The largest absolute Gasteiger partial charge is 0.379 e. The van der Waals surface area contributed by atoms with Gasteiger partial charge in [-0.05, 0) is 12.8 Å². The maximum Gasteiger partial charge on any atom is 0.0937 e. The zero-order valence-electron chi connectivity index (χ0n) is 29.8. The minimum atomic E-state index is -0.0533. The molecule has 1 atom stereocenters. The number of nitrogens with zero attached hydrogens (tertiary/aromatic N) is 1. The van der Waals surface area contributed by atoms with E-state index >= 15 is 0 Å². The normalized spacial score (nSPS) is 12.1. The van der Waals surface area contributed by atoms with Gasteiger partial charge in [0.1, 0.15) is 0 Å².